The molecular formula is C23H34BrN5O. The zero-order valence-corrected chi connectivity index (χ0v) is 20.5. The molecule has 0 amide bonds. The van der Waals surface area contributed by atoms with E-state index in [1.54, 1.807) is 0 Å². The van der Waals surface area contributed by atoms with Gasteiger partial charge < -0.3 is 15.0 Å². The highest BCUT2D eigenvalue weighted by Crippen LogP contribution is 2.39. The van der Waals surface area contributed by atoms with Crippen LogP contribution >= 0.6 is 15.9 Å². The van der Waals surface area contributed by atoms with Crippen LogP contribution in [0.3, 0.4) is 0 Å². The molecule has 2 aromatic rings. The maximum absolute atomic E-state index is 5.98. The van der Waals surface area contributed by atoms with E-state index in [2.05, 4.69) is 59.9 Å². The number of halogens is 1. The van der Waals surface area contributed by atoms with Crippen molar-refractivity contribution in [1.29, 1.82) is 0 Å². The number of pyridine rings is 1. The number of ether oxygens (including phenoxy) is 1. The van der Waals surface area contributed by atoms with Crippen molar-refractivity contribution < 1.29 is 4.74 Å². The average Bonchev–Trinajstić information content (AvgIpc) is 2.70. The van der Waals surface area contributed by atoms with Crippen molar-refractivity contribution in [3.05, 3.63) is 21.9 Å². The Kier molecular flexibility index (Phi) is 7.92. The van der Waals surface area contributed by atoms with Gasteiger partial charge in [0.2, 0.25) is 0 Å². The predicted molar refractivity (Wildman–Crippen MR) is 128 cm³/mol. The highest BCUT2D eigenvalue weighted by molar-refractivity contribution is 9.10. The molecule has 0 spiro atoms. The number of rotatable bonds is 10. The smallest absolute Gasteiger partial charge is 0.257 e. The zero-order chi connectivity index (χ0) is 21.7. The van der Waals surface area contributed by atoms with Crippen molar-refractivity contribution in [2.45, 2.75) is 65.7 Å². The van der Waals surface area contributed by atoms with E-state index in [1.807, 2.05) is 7.05 Å². The average molecular weight is 476 g/mol. The first kappa shape index (κ1) is 22.8. The molecule has 1 aliphatic rings. The predicted octanol–water partition coefficient (Wildman–Crippen LogP) is 5.81. The van der Waals surface area contributed by atoms with Crippen LogP contribution in [0.1, 0.15) is 70.7 Å². The summed E-state index contributed by atoms with van der Waals surface area (Å²) >= 11 is 3.74. The van der Waals surface area contributed by atoms with Crippen LogP contribution in [0.15, 0.2) is 10.5 Å². The first-order valence-corrected chi connectivity index (χ1v) is 12.0. The number of hydrogen-bond acceptors (Lipinski definition) is 6. The molecule has 0 aliphatic carbocycles. The van der Waals surface area contributed by atoms with E-state index in [9.17, 15) is 0 Å². The Bertz CT molecular complexity index is 867. The summed E-state index contributed by atoms with van der Waals surface area (Å²) in [5, 5.41) is 3.17. The minimum Gasteiger partial charge on any atom is -0.475 e. The minimum absolute atomic E-state index is 0.344. The van der Waals surface area contributed by atoms with Gasteiger partial charge in [-0.3, -0.25) is 0 Å². The van der Waals surface area contributed by atoms with E-state index in [4.69, 9.17) is 19.7 Å². The molecule has 0 unspecified atom stereocenters. The molecule has 0 radical (unpaired) electrons. The lowest BCUT2D eigenvalue weighted by molar-refractivity contribution is 0.294. The number of hydrogen-bond donors (Lipinski definition) is 1. The molecule has 3 heterocycles. The molecule has 7 heteroatoms. The second-order valence-electron chi connectivity index (χ2n) is 8.05. The van der Waals surface area contributed by atoms with E-state index in [0.717, 1.165) is 65.3 Å². The van der Waals surface area contributed by atoms with Crippen LogP contribution < -0.4 is 15.0 Å². The fourth-order valence-corrected chi connectivity index (χ4v) is 4.32. The van der Waals surface area contributed by atoms with Crippen molar-refractivity contribution >= 4 is 27.6 Å². The summed E-state index contributed by atoms with van der Waals surface area (Å²) in [5.74, 6) is 2.62. The molecule has 6 nitrogen and oxygen atoms in total. The van der Waals surface area contributed by atoms with Crippen LogP contribution in [-0.4, -0.2) is 41.7 Å². The third-order valence-corrected chi connectivity index (χ3v) is 6.07. The van der Waals surface area contributed by atoms with Crippen LogP contribution in [0, 0.1) is 0 Å². The fraction of sp³-hybridized carbons (Fsp3) is 0.609. The molecule has 0 bridgehead atoms. The first-order chi connectivity index (χ1) is 14.5. The summed E-state index contributed by atoms with van der Waals surface area (Å²) in [5.41, 5.74) is 3.93. The van der Waals surface area contributed by atoms with E-state index in [1.165, 1.54) is 12.8 Å². The molecule has 1 fully saturated rings. The highest BCUT2D eigenvalue weighted by Gasteiger charge is 2.26. The maximum atomic E-state index is 5.98. The van der Waals surface area contributed by atoms with Crippen molar-refractivity contribution in [2.75, 3.05) is 37.0 Å². The van der Waals surface area contributed by atoms with Gasteiger partial charge in [-0.1, -0.05) is 40.5 Å². The van der Waals surface area contributed by atoms with Crippen molar-refractivity contribution in [3.8, 4) is 17.1 Å². The molecule has 164 valence electrons. The van der Waals surface area contributed by atoms with Crippen LogP contribution in [0.5, 0.6) is 5.88 Å². The summed E-state index contributed by atoms with van der Waals surface area (Å²) in [4.78, 5) is 17.2. The van der Waals surface area contributed by atoms with Crippen LogP contribution in [0.2, 0.25) is 0 Å². The van der Waals surface area contributed by atoms with Gasteiger partial charge in [-0.2, -0.15) is 0 Å². The Morgan fingerprint density at radius 3 is 2.50 bits per heavy atom. The Labute approximate surface area is 189 Å². The number of nitrogens with one attached hydrogen (secondary N) is 1. The molecular weight excluding hydrogens is 442 g/mol. The van der Waals surface area contributed by atoms with Gasteiger partial charge in [-0.05, 0) is 47.2 Å². The van der Waals surface area contributed by atoms with Crippen LogP contribution in [0.4, 0.5) is 11.6 Å². The largest absolute Gasteiger partial charge is 0.475 e. The monoisotopic (exact) mass is 475 g/mol. The maximum Gasteiger partial charge on any atom is 0.257 e. The number of aromatic nitrogens is 3. The second kappa shape index (κ2) is 10.4. The summed E-state index contributed by atoms with van der Waals surface area (Å²) in [6, 6.07) is 2.17. The SMILES string of the molecule is CCCCCOc1nc(CC)c(-c2cc(Br)c(C(C)C)nc2N2CCC2)nc1NC. The van der Waals surface area contributed by atoms with Crippen LogP contribution in [-0.2, 0) is 6.42 Å². The standard InChI is InChI=1S/C23H34BrN5O/c1-6-8-9-13-30-23-21(25-5)27-20(18(7-2)26-23)16-14-17(24)19(15(3)4)28-22(16)29-11-10-12-29/h14-15H,6-13H2,1-5H3,(H,25,27). The molecule has 0 aromatic carbocycles. The second-order valence-corrected chi connectivity index (χ2v) is 8.91. The third-order valence-electron chi connectivity index (χ3n) is 5.44. The van der Waals surface area contributed by atoms with E-state index in [0.29, 0.717) is 24.2 Å². The first-order valence-electron chi connectivity index (χ1n) is 11.2. The minimum atomic E-state index is 0.344. The van der Waals surface area contributed by atoms with Gasteiger partial charge >= 0.3 is 0 Å². The van der Waals surface area contributed by atoms with Crippen LogP contribution in [0.25, 0.3) is 11.3 Å². The zero-order valence-electron chi connectivity index (χ0n) is 18.9. The normalized spacial score (nSPS) is 13.5. The molecule has 2 aromatic heterocycles. The Morgan fingerprint density at radius 1 is 1.17 bits per heavy atom. The van der Waals surface area contributed by atoms with Crippen molar-refractivity contribution in [3.63, 3.8) is 0 Å². The highest BCUT2D eigenvalue weighted by atomic mass is 79.9. The van der Waals surface area contributed by atoms with Crippen molar-refractivity contribution in [2.24, 2.45) is 0 Å². The van der Waals surface area contributed by atoms with Gasteiger partial charge in [0.1, 0.15) is 5.82 Å². The summed E-state index contributed by atoms with van der Waals surface area (Å²) in [7, 11) is 1.87. The summed E-state index contributed by atoms with van der Waals surface area (Å²) in [6.07, 6.45) is 5.33. The topological polar surface area (TPSA) is 63.2 Å². The Morgan fingerprint density at radius 2 is 1.93 bits per heavy atom. The van der Waals surface area contributed by atoms with Gasteiger partial charge in [-0.25, -0.2) is 15.0 Å². The van der Waals surface area contributed by atoms with Gasteiger partial charge in [-0.15, -0.1) is 0 Å². The van der Waals surface area contributed by atoms with E-state index in [-0.39, 0.29) is 0 Å². The third kappa shape index (κ3) is 4.88. The van der Waals surface area contributed by atoms with Gasteiger partial charge in [0.05, 0.1) is 23.7 Å². The number of unbranched alkanes of at least 4 members (excludes halogenated alkanes) is 2. The lowest BCUT2D eigenvalue weighted by Gasteiger charge is -2.34. The van der Waals surface area contributed by atoms with Gasteiger partial charge in [0.25, 0.3) is 5.88 Å². The van der Waals surface area contributed by atoms with E-state index >= 15 is 0 Å². The molecule has 0 saturated carbocycles. The molecule has 3 rings (SSSR count). The number of anilines is 2. The number of aryl methyl sites for hydroxylation is 1. The molecule has 1 N–H and O–H groups in total. The fourth-order valence-electron chi connectivity index (χ4n) is 3.54. The quantitative estimate of drug-likeness (QED) is 0.437. The molecule has 0 atom stereocenters. The number of nitrogens with zero attached hydrogens (tertiary/aromatic N) is 4. The lowest BCUT2D eigenvalue weighted by Crippen LogP contribution is -2.38. The molecule has 30 heavy (non-hydrogen) atoms. The summed E-state index contributed by atoms with van der Waals surface area (Å²) in [6.45, 7) is 11.4. The Balaban J connectivity index is 2.06. The molecule has 1 saturated heterocycles. The van der Waals surface area contributed by atoms with Gasteiger partial charge in [0.15, 0.2) is 5.82 Å². The lowest BCUT2D eigenvalue weighted by atomic mass is 10.0. The summed E-state index contributed by atoms with van der Waals surface area (Å²) < 4.78 is 7.00. The molecule has 1 aliphatic heterocycles. The van der Waals surface area contributed by atoms with Gasteiger partial charge in [0, 0.05) is 30.2 Å². The van der Waals surface area contributed by atoms with E-state index < -0.39 is 0 Å². The van der Waals surface area contributed by atoms with Crippen molar-refractivity contribution in [1.82, 2.24) is 15.0 Å². The Hall–Kier alpha value is -1.89.